The molecule has 1 atom stereocenters. The van der Waals surface area contributed by atoms with E-state index in [1.165, 1.54) is 19.4 Å². The topological polar surface area (TPSA) is 45.4 Å². The van der Waals surface area contributed by atoms with E-state index in [2.05, 4.69) is 33.8 Å². The van der Waals surface area contributed by atoms with Gasteiger partial charge in [0.05, 0.1) is 0 Å². The van der Waals surface area contributed by atoms with E-state index >= 15 is 0 Å². The second kappa shape index (κ2) is 7.46. The number of piperazine rings is 1. The molecule has 1 aromatic rings. The van der Waals surface area contributed by atoms with Gasteiger partial charge in [-0.25, -0.2) is 4.98 Å². The molecule has 0 amide bonds. The lowest BCUT2D eigenvalue weighted by molar-refractivity contribution is 0.237. The average molecular weight is 262 g/mol. The fraction of sp³-hybridized carbons (Fsp3) is 0.667. The zero-order valence-corrected chi connectivity index (χ0v) is 12.0. The summed E-state index contributed by atoms with van der Waals surface area (Å²) < 4.78 is 0. The van der Waals surface area contributed by atoms with Gasteiger partial charge in [-0.15, -0.1) is 0 Å². The number of nitrogens with two attached hydrogens (primary N) is 1. The quantitative estimate of drug-likeness (QED) is 0.845. The SMILES string of the molecule is CCC(CN)CCN1CCN(c2ccccn2)CC1. The molecular weight excluding hydrogens is 236 g/mol. The highest BCUT2D eigenvalue weighted by Crippen LogP contribution is 2.14. The summed E-state index contributed by atoms with van der Waals surface area (Å²) in [6.07, 6.45) is 4.30. The van der Waals surface area contributed by atoms with Crippen LogP contribution in [-0.2, 0) is 0 Å². The monoisotopic (exact) mass is 262 g/mol. The van der Waals surface area contributed by atoms with E-state index in [4.69, 9.17) is 5.73 Å². The number of hydrogen-bond acceptors (Lipinski definition) is 4. The zero-order chi connectivity index (χ0) is 13.5. The van der Waals surface area contributed by atoms with Crippen LogP contribution in [0.5, 0.6) is 0 Å². The smallest absolute Gasteiger partial charge is 0.128 e. The van der Waals surface area contributed by atoms with Gasteiger partial charge in [0.1, 0.15) is 5.82 Å². The van der Waals surface area contributed by atoms with Crippen molar-refractivity contribution in [3.8, 4) is 0 Å². The fourth-order valence-electron chi connectivity index (χ4n) is 2.60. The molecule has 0 aliphatic carbocycles. The molecule has 1 unspecified atom stereocenters. The van der Waals surface area contributed by atoms with E-state index in [-0.39, 0.29) is 0 Å². The normalized spacial score (nSPS) is 18.5. The van der Waals surface area contributed by atoms with Crippen LogP contribution in [0, 0.1) is 5.92 Å². The fourth-order valence-corrected chi connectivity index (χ4v) is 2.60. The highest BCUT2D eigenvalue weighted by atomic mass is 15.3. The molecule has 19 heavy (non-hydrogen) atoms. The van der Waals surface area contributed by atoms with Crippen LogP contribution in [0.15, 0.2) is 24.4 Å². The molecule has 2 heterocycles. The van der Waals surface area contributed by atoms with Crippen LogP contribution in [0.25, 0.3) is 0 Å². The molecule has 0 saturated carbocycles. The van der Waals surface area contributed by atoms with E-state index in [0.717, 1.165) is 38.5 Å². The first-order chi connectivity index (χ1) is 9.33. The van der Waals surface area contributed by atoms with Crippen molar-refractivity contribution in [1.29, 1.82) is 0 Å². The van der Waals surface area contributed by atoms with Crippen LogP contribution in [-0.4, -0.2) is 49.2 Å². The number of pyridine rings is 1. The molecule has 1 aliphatic rings. The van der Waals surface area contributed by atoms with Gasteiger partial charge in [0.25, 0.3) is 0 Å². The molecular formula is C15H26N4. The molecule has 0 bridgehead atoms. The summed E-state index contributed by atoms with van der Waals surface area (Å²) in [6, 6.07) is 6.12. The highest BCUT2D eigenvalue weighted by Gasteiger charge is 2.18. The molecule has 0 spiro atoms. The Kier molecular flexibility index (Phi) is 5.61. The van der Waals surface area contributed by atoms with Gasteiger partial charge < -0.3 is 10.6 Å². The first kappa shape index (κ1) is 14.3. The second-order valence-corrected chi connectivity index (χ2v) is 5.32. The van der Waals surface area contributed by atoms with Gasteiger partial charge in [-0.3, -0.25) is 4.90 Å². The molecule has 4 nitrogen and oxygen atoms in total. The Morgan fingerprint density at radius 3 is 2.63 bits per heavy atom. The van der Waals surface area contributed by atoms with E-state index in [1.54, 1.807) is 0 Å². The molecule has 1 saturated heterocycles. The summed E-state index contributed by atoms with van der Waals surface area (Å²) in [4.78, 5) is 9.34. The number of aromatic nitrogens is 1. The van der Waals surface area contributed by atoms with Gasteiger partial charge in [0.15, 0.2) is 0 Å². The van der Waals surface area contributed by atoms with Crippen molar-refractivity contribution in [3.63, 3.8) is 0 Å². The van der Waals surface area contributed by atoms with Gasteiger partial charge in [-0.05, 0) is 37.6 Å². The van der Waals surface area contributed by atoms with Crippen LogP contribution in [0.3, 0.4) is 0 Å². The Balaban J connectivity index is 1.74. The summed E-state index contributed by atoms with van der Waals surface area (Å²) in [5.74, 6) is 1.80. The highest BCUT2D eigenvalue weighted by molar-refractivity contribution is 5.38. The van der Waals surface area contributed by atoms with Gasteiger partial charge >= 0.3 is 0 Å². The minimum Gasteiger partial charge on any atom is -0.354 e. The zero-order valence-electron chi connectivity index (χ0n) is 12.0. The Hall–Kier alpha value is -1.13. The van der Waals surface area contributed by atoms with Crippen LogP contribution >= 0.6 is 0 Å². The van der Waals surface area contributed by atoms with E-state index in [1.807, 2.05) is 12.3 Å². The Morgan fingerprint density at radius 1 is 1.26 bits per heavy atom. The maximum absolute atomic E-state index is 5.76. The Morgan fingerprint density at radius 2 is 2.05 bits per heavy atom. The van der Waals surface area contributed by atoms with E-state index in [9.17, 15) is 0 Å². The molecule has 1 aromatic heterocycles. The lowest BCUT2D eigenvalue weighted by Crippen LogP contribution is -2.47. The summed E-state index contributed by atoms with van der Waals surface area (Å²) >= 11 is 0. The molecule has 1 aliphatic heterocycles. The first-order valence-electron chi connectivity index (χ1n) is 7.42. The van der Waals surface area contributed by atoms with Crippen molar-refractivity contribution in [2.24, 2.45) is 11.7 Å². The van der Waals surface area contributed by atoms with Crippen molar-refractivity contribution in [2.45, 2.75) is 19.8 Å². The number of nitrogens with zero attached hydrogens (tertiary/aromatic N) is 3. The molecule has 2 N–H and O–H groups in total. The number of rotatable bonds is 6. The second-order valence-electron chi connectivity index (χ2n) is 5.32. The lowest BCUT2D eigenvalue weighted by atomic mass is 10.0. The third-order valence-corrected chi connectivity index (χ3v) is 4.11. The molecule has 2 rings (SSSR count). The maximum Gasteiger partial charge on any atom is 0.128 e. The Bertz CT molecular complexity index is 342. The molecule has 0 radical (unpaired) electrons. The number of anilines is 1. The third kappa shape index (κ3) is 4.18. The number of hydrogen-bond donors (Lipinski definition) is 1. The molecule has 0 aromatic carbocycles. The van der Waals surface area contributed by atoms with Crippen LogP contribution in [0.1, 0.15) is 19.8 Å². The van der Waals surface area contributed by atoms with Crippen molar-refractivity contribution in [3.05, 3.63) is 24.4 Å². The Labute approximate surface area is 116 Å². The van der Waals surface area contributed by atoms with E-state index in [0.29, 0.717) is 5.92 Å². The third-order valence-electron chi connectivity index (χ3n) is 4.11. The van der Waals surface area contributed by atoms with Crippen LogP contribution in [0.4, 0.5) is 5.82 Å². The molecule has 4 heteroatoms. The van der Waals surface area contributed by atoms with Crippen molar-refractivity contribution < 1.29 is 0 Å². The maximum atomic E-state index is 5.76. The first-order valence-corrected chi connectivity index (χ1v) is 7.42. The summed E-state index contributed by atoms with van der Waals surface area (Å²) in [7, 11) is 0. The molecule has 1 fully saturated rings. The van der Waals surface area contributed by atoms with Gasteiger partial charge in [0.2, 0.25) is 0 Å². The standard InChI is InChI=1S/C15H26N4/c1-2-14(13-16)6-8-18-9-11-19(12-10-18)15-5-3-4-7-17-15/h3-5,7,14H,2,6,8-13,16H2,1H3. The predicted molar refractivity (Wildman–Crippen MR) is 80.3 cm³/mol. The van der Waals surface area contributed by atoms with Crippen molar-refractivity contribution in [1.82, 2.24) is 9.88 Å². The summed E-state index contributed by atoms with van der Waals surface area (Å²) in [5.41, 5.74) is 5.76. The van der Waals surface area contributed by atoms with Crippen LogP contribution in [0.2, 0.25) is 0 Å². The minimum atomic E-state index is 0.689. The molecule has 106 valence electrons. The van der Waals surface area contributed by atoms with Crippen molar-refractivity contribution in [2.75, 3.05) is 44.2 Å². The minimum absolute atomic E-state index is 0.689. The van der Waals surface area contributed by atoms with Gasteiger partial charge in [-0.1, -0.05) is 19.4 Å². The van der Waals surface area contributed by atoms with Gasteiger partial charge in [-0.2, -0.15) is 0 Å². The van der Waals surface area contributed by atoms with Gasteiger partial charge in [0, 0.05) is 32.4 Å². The largest absolute Gasteiger partial charge is 0.354 e. The van der Waals surface area contributed by atoms with E-state index < -0.39 is 0 Å². The summed E-state index contributed by atoms with van der Waals surface area (Å²) in [6.45, 7) is 8.68. The predicted octanol–water partition coefficient (Wildman–Crippen LogP) is 1.58. The summed E-state index contributed by atoms with van der Waals surface area (Å²) in [5, 5.41) is 0. The van der Waals surface area contributed by atoms with Crippen LogP contribution < -0.4 is 10.6 Å². The average Bonchev–Trinajstić information content (AvgIpc) is 2.50. The lowest BCUT2D eigenvalue weighted by Gasteiger charge is -2.35. The van der Waals surface area contributed by atoms with Crippen molar-refractivity contribution >= 4 is 5.82 Å².